The lowest BCUT2D eigenvalue weighted by Gasteiger charge is -2.29. The van der Waals surface area contributed by atoms with Gasteiger partial charge in [-0.05, 0) is 26.0 Å². The fourth-order valence-electron chi connectivity index (χ4n) is 1.61. The Hall–Kier alpha value is -1.60. The lowest BCUT2D eigenvalue weighted by Crippen LogP contribution is -2.43. The molecule has 0 aromatic heterocycles. The number of nitrogens with zero attached hydrogens (tertiary/aromatic N) is 2. The van der Waals surface area contributed by atoms with Crippen molar-refractivity contribution >= 4 is 21.9 Å². The zero-order valence-corrected chi connectivity index (χ0v) is 13.1. The number of hydrogen-bond acceptors (Lipinski definition) is 4. The fraction of sp³-hybridized carbons (Fsp3) is 0.462. The van der Waals surface area contributed by atoms with Gasteiger partial charge in [-0.2, -0.15) is 12.7 Å². The van der Waals surface area contributed by atoms with Crippen LogP contribution >= 0.6 is 0 Å². The van der Waals surface area contributed by atoms with Crippen LogP contribution in [0.25, 0.3) is 0 Å². The normalized spacial score (nSPS) is 11.8. The SMILES string of the molecule is COC(=O)c1ccccc1N(C)S(=O)(=O)N(C)C(C)C. The average molecular weight is 300 g/mol. The number of carbonyl (C=O) groups excluding carboxylic acids is 1. The Morgan fingerprint density at radius 1 is 1.20 bits per heavy atom. The van der Waals surface area contributed by atoms with Crippen molar-refractivity contribution in [1.82, 2.24) is 4.31 Å². The number of anilines is 1. The van der Waals surface area contributed by atoms with Crippen LogP contribution in [-0.4, -0.2) is 45.9 Å². The predicted octanol–water partition coefficient (Wildman–Crippen LogP) is 1.49. The highest BCUT2D eigenvalue weighted by molar-refractivity contribution is 7.90. The molecule has 1 rings (SSSR count). The van der Waals surface area contributed by atoms with Crippen molar-refractivity contribution in [2.24, 2.45) is 0 Å². The molecule has 0 N–H and O–H groups in total. The van der Waals surface area contributed by atoms with Crippen molar-refractivity contribution in [2.45, 2.75) is 19.9 Å². The summed E-state index contributed by atoms with van der Waals surface area (Å²) in [7, 11) is 0.471. The maximum Gasteiger partial charge on any atom is 0.340 e. The monoisotopic (exact) mass is 300 g/mol. The smallest absolute Gasteiger partial charge is 0.340 e. The van der Waals surface area contributed by atoms with Crippen molar-refractivity contribution in [2.75, 3.05) is 25.5 Å². The summed E-state index contributed by atoms with van der Waals surface area (Å²) in [5.74, 6) is -0.574. The van der Waals surface area contributed by atoms with Crippen molar-refractivity contribution in [1.29, 1.82) is 0 Å². The minimum absolute atomic E-state index is 0.187. The number of methoxy groups -OCH3 is 1. The lowest BCUT2D eigenvalue weighted by molar-refractivity contribution is 0.0601. The van der Waals surface area contributed by atoms with E-state index in [1.54, 1.807) is 32.0 Å². The molecule has 0 atom stereocenters. The molecule has 1 aromatic rings. The summed E-state index contributed by atoms with van der Waals surface area (Å²) in [4.78, 5) is 11.7. The molecule has 1 aromatic carbocycles. The van der Waals surface area contributed by atoms with Crippen LogP contribution in [0, 0.1) is 0 Å². The van der Waals surface area contributed by atoms with E-state index in [0.717, 1.165) is 4.31 Å². The molecule has 0 bridgehead atoms. The van der Waals surface area contributed by atoms with Crippen LogP contribution < -0.4 is 4.31 Å². The summed E-state index contributed by atoms with van der Waals surface area (Å²) >= 11 is 0. The standard InChI is InChI=1S/C13H20N2O4S/c1-10(2)14(3)20(17,18)15(4)12-9-7-6-8-11(12)13(16)19-5/h6-10H,1-5H3. The molecule has 7 heteroatoms. The first-order valence-corrected chi connectivity index (χ1v) is 7.52. The summed E-state index contributed by atoms with van der Waals surface area (Å²) < 4.78 is 31.9. The third-order valence-corrected chi connectivity index (χ3v) is 5.12. The highest BCUT2D eigenvalue weighted by atomic mass is 32.2. The number of esters is 1. The number of carbonyl (C=O) groups is 1. The van der Waals surface area contributed by atoms with Crippen LogP contribution in [0.2, 0.25) is 0 Å². The molecule has 0 spiro atoms. The predicted molar refractivity (Wildman–Crippen MR) is 78.0 cm³/mol. The molecule has 6 nitrogen and oxygen atoms in total. The molecule has 0 unspecified atom stereocenters. The van der Waals surface area contributed by atoms with Gasteiger partial charge >= 0.3 is 16.2 Å². The van der Waals surface area contributed by atoms with Gasteiger partial charge in [-0.15, -0.1) is 0 Å². The molecular weight excluding hydrogens is 280 g/mol. The summed E-state index contributed by atoms with van der Waals surface area (Å²) in [6, 6.07) is 6.24. The van der Waals surface area contributed by atoms with Gasteiger partial charge in [0.1, 0.15) is 0 Å². The Kier molecular flexibility index (Phi) is 5.13. The van der Waals surface area contributed by atoms with Crippen LogP contribution in [0.3, 0.4) is 0 Å². The minimum atomic E-state index is -3.70. The Morgan fingerprint density at radius 2 is 1.75 bits per heavy atom. The number of ether oxygens (including phenoxy) is 1. The molecule has 0 saturated carbocycles. The molecule has 0 heterocycles. The van der Waals surface area contributed by atoms with E-state index < -0.39 is 16.2 Å². The number of benzene rings is 1. The van der Waals surface area contributed by atoms with Crippen LogP contribution in [0.15, 0.2) is 24.3 Å². The Labute approximate surface area is 120 Å². The highest BCUT2D eigenvalue weighted by Crippen LogP contribution is 2.24. The molecule has 0 aliphatic rings. The third kappa shape index (κ3) is 3.10. The number of rotatable bonds is 5. The highest BCUT2D eigenvalue weighted by Gasteiger charge is 2.28. The second kappa shape index (κ2) is 6.23. The van der Waals surface area contributed by atoms with Gasteiger partial charge in [0.15, 0.2) is 0 Å². The zero-order chi connectivity index (χ0) is 15.5. The zero-order valence-electron chi connectivity index (χ0n) is 12.3. The van der Waals surface area contributed by atoms with Gasteiger partial charge in [0.25, 0.3) is 0 Å². The van der Waals surface area contributed by atoms with Gasteiger partial charge in [0.2, 0.25) is 0 Å². The average Bonchev–Trinajstić information content (AvgIpc) is 2.44. The second-order valence-electron chi connectivity index (χ2n) is 4.59. The Balaban J connectivity index is 3.29. The quantitative estimate of drug-likeness (QED) is 0.773. The van der Waals surface area contributed by atoms with Crippen LogP contribution in [0.5, 0.6) is 0 Å². The minimum Gasteiger partial charge on any atom is -0.465 e. The number of hydrogen-bond donors (Lipinski definition) is 0. The van der Waals surface area contributed by atoms with E-state index in [9.17, 15) is 13.2 Å². The van der Waals surface area contributed by atoms with Crippen molar-refractivity contribution in [3.63, 3.8) is 0 Å². The number of para-hydroxylation sites is 1. The molecule has 112 valence electrons. The molecule has 0 aliphatic heterocycles. The molecule has 0 radical (unpaired) electrons. The molecule has 20 heavy (non-hydrogen) atoms. The van der Waals surface area contributed by atoms with Gasteiger partial charge < -0.3 is 4.74 Å². The molecule has 0 aliphatic carbocycles. The Bertz CT molecular complexity index is 584. The maximum absolute atomic E-state index is 12.4. The maximum atomic E-state index is 12.4. The van der Waals surface area contributed by atoms with E-state index >= 15 is 0 Å². The molecule has 0 fully saturated rings. The van der Waals surface area contributed by atoms with Crippen LogP contribution in [0.1, 0.15) is 24.2 Å². The van der Waals surface area contributed by atoms with Crippen LogP contribution in [0.4, 0.5) is 5.69 Å². The molecule has 0 saturated heterocycles. The first-order chi connectivity index (χ1) is 9.23. The van der Waals surface area contributed by atoms with E-state index in [1.165, 1.54) is 31.6 Å². The molecular formula is C13H20N2O4S. The van der Waals surface area contributed by atoms with Crippen molar-refractivity contribution in [3.8, 4) is 0 Å². The van der Waals surface area contributed by atoms with Gasteiger partial charge in [0, 0.05) is 20.1 Å². The molecule has 0 amide bonds. The van der Waals surface area contributed by atoms with Gasteiger partial charge in [-0.25, -0.2) is 4.79 Å². The van der Waals surface area contributed by atoms with E-state index in [4.69, 9.17) is 0 Å². The summed E-state index contributed by atoms with van der Waals surface area (Å²) in [5, 5.41) is 0. The lowest BCUT2D eigenvalue weighted by atomic mass is 10.2. The summed E-state index contributed by atoms with van der Waals surface area (Å²) in [6.45, 7) is 3.55. The van der Waals surface area contributed by atoms with E-state index in [2.05, 4.69) is 4.74 Å². The third-order valence-electron chi connectivity index (χ3n) is 3.09. The van der Waals surface area contributed by atoms with Crippen LogP contribution in [-0.2, 0) is 14.9 Å². The first-order valence-electron chi connectivity index (χ1n) is 6.12. The van der Waals surface area contributed by atoms with E-state index in [-0.39, 0.29) is 17.3 Å². The summed E-state index contributed by atoms with van der Waals surface area (Å²) in [6.07, 6.45) is 0. The Morgan fingerprint density at radius 3 is 2.25 bits per heavy atom. The van der Waals surface area contributed by atoms with Crippen molar-refractivity contribution in [3.05, 3.63) is 29.8 Å². The second-order valence-corrected chi connectivity index (χ2v) is 6.61. The fourth-order valence-corrected chi connectivity index (χ4v) is 2.94. The topological polar surface area (TPSA) is 66.9 Å². The van der Waals surface area contributed by atoms with Gasteiger partial charge in [-0.1, -0.05) is 12.1 Å². The van der Waals surface area contributed by atoms with E-state index in [0.29, 0.717) is 0 Å². The van der Waals surface area contributed by atoms with Gasteiger partial charge in [0.05, 0.1) is 18.4 Å². The summed E-state index contributed by atoms with van der Waals surface area (Å²) in [5.41, 5.74) is 0.491. The van der Waals surface area contributed by atoms with E-state index in [1.807, 2.05) is 0 Å². The first kappa shape index (κ1) is 16.5. The van der Waals surface area contributed by atoms with Gasteiger partial charge in [-0.3, -0.25) is 4.31 Å². The van der Waals surface area contributed by atoms with Crippen molar-refractivity contribution < 1.29 is 17.9 Å². The largest absolute Gasteiger partial charge is 0.465 e.